The number of imidazole rings is 1. The number of nitrogens with zero attached hydrogens (tertiary/aromatic N) is 4. The summed E-state index contributed by atoms with van der Waals surface area (Å²) < 4.78 is 31.4. The fourth-order valence-electron chi connectivity index (χ4n) is 2.71. The predicted molar refractivity (Wildman–Crippen MR) is 111 cm³/mol. The lowest BCUT2D eigenvalue weighted by molar-refractivity contribution is -0.141. The van der Waals surface area contributed by atoms with Crippen LogP contribution in [0.4, 0.5) is 5.82 Å². The number of anilines is 1. The van der Waals surface area contributed by atoms with E-state index in [9.17, 15) is 19.3 Å². The molecule has 17 heteroatoms. The number of nitrogens with two attached hydrogens (primary N) is 2. The van der Waals surface area contributed by atoms with E-state index in [4.69, 9.17) is 20.9 Å². The molecule has 3 rings (SSSR count). The van der Waals surface area contributed by atoms with Gasteiger partial charge in [0, 0.05) is 6.42 Å². The van der Waals surface area contributed by atoms with Crippen molar-refractivity contribution in [3.05, 3.63) is 12.7 Å². The molecular weight excluding hydrogens is 465 g/mol. The Balaban J connectivity index is 0.000000299. The molecule has 16 nitrogen and oxygen atoms in total. The Morgan fingerprint density at radius 3 is 2.48 bits per heavy atom. The molecule has 0 aliphatic carbocycles. The molecule has 0 amide bonds. The van der Waals surface area contributed by atoms with Crippen molar-refractivity contribution >= 4 is 36.7 Å². The van der Waals surface area contributed by atoms with E-state index in [1.807, 2.05) is 0 Å². The molecule has 3 heterocycles. The number of nitrogen functional groups attached to an aromatic ring is 1. The highest BCUT2D eigenvalue weighted by molar-refractivity contribution is 7.50. The number of hydrogen-bond donors (Lipinski definition) is 5. The van der Waals surface area contributed by atoms with Crippen LogP contribution in [0.3, 0.4) is 0 Å². The molecule has 1 saturated heterocycles. The molecule has 2 aromatic rings. The van der Waals surface area contributed by atoms with E-state index in [2.05, 4.69) is 34.3 Å². The van der Waals surface area contributed by atoms with Gasteiger partial charge in [0.15, 0.2) is 11.5 Å². The predicted octanol–water partition coefficient (Wildman–Crippen LogP) is -1.95. The van der Waals surface area contributed by atoms with Crippen molar-refractivity contribution in [2.75, 3.05) is 39.6 Å². The van der Waals surface area contributed by atoms with Gasteiger partial charge in [-0.1, -0.05) is 0 Å². The third-order valence-corrected chi connectivity index (χ3v) is 4.84. The molecular formula is C16H26N7O9P. The molecule has 0 saturated carbocycles. The number of aromatic nitrogens is 4. The fraction of sp³-hybridized carbons (Fsp3) is 0.562. The zero-order chi connectivity index (χ0) is 24.6. The van der Waals surface area contributed by atoms with Gasteiger partial charge in [-0.05, 0) is 0 Å². The summed E-state index contributed by atoms with van der Waals surface area (Å²) in [6.45, 7) is -0.261. The number of aliphatic hydroxyl groups is 1. The van der Waals surface area contributed by atoms with E-state index in [-0.39, 0.29) is 31.9 Å². The maximum absolute atomic E-state index is 10.9. The zero-order valence-electron chi connectivity index (χ0n) is 17.9. The third kappa shape index (κ3) is 7.97. The van der Waals surface area contributed by atoms with E-state index in [1.165, 1.54) is 26.9 Å². The Morgan fingerprint density at radius 1 is 1.27 bits per heavy atom. The Hall–Kier alpha value is -2.72. The highest BCUT2D eigenvalue weighted by Gasteiger charge is 2.37. The largest absolute Gasteiger partial charge is 0.468 e. The van der Waals surface area contributed by atoms with Gasteiger partial charge in [-0.2, -0.15) is 0 Å². The molecule has 1 unspecified atom stereocenters. The van der Waals surface area contributed by atoms with Crippen LogP contribution >= 0.6 is 7.75 Å². The topological polar surface area (TPSA) is 236 Å². The number of methoxy groups -OCH3 is 2. The van der Waals surface area contributed by atoms with Crippen molar-refractivity contribution in [1.82, 2.24) is 24.8 Å². The number of esters is 2. The maximum atomic E-state index is 10.9. The lowest BCUT2D eigenvalue weighted by atomic mass is 10.2. The van der Waals surface area contributed by atoms with Gasteiger partial charge >= 0.3 is 19.7 Å². The standard InChI is InChI=1S/C10H15N6O5P.C6H11NO4/c11-9-8-10(14-3-13-9)16(4-15-8)7-1-5(17)6(21-7)2-20-22(12,18)19;1-10-5(8)3-7-4-6(9)11-2/h3-7,17H,1-2H2,(H2,11,13,14)(H3,12,18,19);7H,3-4H2,1-2H3/t5-,6+,7+;/m0./s1. The van der Waals surface area contributed by atoms with Crippen LogP contribution in [0.5, 0.6) is 0 Å². The smallest absolute Gasteiger partial charge is 0.400 e. The first-order valence-electron chi connectivity index (χ1n) is 9.42. The van der Waals surface area contributed by atoms with Crippen LogP contribution in [0.1, 0.15) is 12.6 Å². The van der Waals surface area contributed by atoms with Crippen molar-refractivity contribution in [3.8, 4) is 0 Å². The number of nitrogens with one attached hydrogen (secondary N) is 1. The summed E-state index contributed by atoms with van der Waals surface area (Å²) in [7, 11) is -1.56. The minimum atomic E-state index is -4.12. The van der Waals surface area contributed by atoms with Crippen molar-refractivity contribution in [1.29, 1.82) is 0 Å². The SMILES string of the molecule is COC(=O)CNCC(=O)OC.Nc1ncnc2c1ncn2[C@H]1C[C@H](O)[C@@H](COP(N)(=O)O)O1. The van der Waals surface area contributed by atoms with Crippen LogP contribution in [0, 0.1) is 0 Å². The van der Waals surface area contributed by atoms with Gasteiger partial charge in [0.2, 0.25) is 0 Å². The average Bonchev–Trinajstić information content (AvgIpc) is 3.36. The summed E-state index contributed by atoms with van der Waals surface area (Å²) >= 11 is 0. The number of rotatable bonds is 8. The van der Waals surface area contributed by atoms with Gasteiger partial charge in [-0.3, -0.25) is 24.0 Å². The van der Waals surface area contributed by atoms with E-state index < -0.39 is 38.1 Å². The van der Waals surface area contributed by atoms with Gasteiger partial charge in [0.05, 0.1) is 46.3 Å². The third-order valence-electron chi connectivity index (χ3n) is 4.32. The van der Waals surface area contributed by atoms with Crippen molar-refractivity contribution < 1.29 is 42.9 Å². The van der Waals surface area contributed by atoms with Crippen LogP contribution in [-0.4, -0.2) is 87.6 Å². The quantitative estimate of drug-likeness (QED) is 0.199. The molecule has 1 aliphatic rings. The molecule has 0 bridgehead atoms. The number of aliphatic hydroxyl groups excluding tert-OH is 1. The van der Waals surface area contributed by atoms with Gasteiger partial charge in [0.1, 0.15) is 24.2 Å². The van der Waals surface area contributed by atoms with Crippen LogP contribution < -0.4 is 16.6 Å². The Morgan fingerprint density at radius 2 is 1.91 bits per heavy atom. The highest BCUT2D eigenvalue weighted by Crippen LogP contribution is 2.36. The number of carbonyl (C=O) groups is 2. The summed E-state index contributed by atoms with van der Waals surface area (Å²) in [5.74, 6) is -0.575. The van der Waals surface area contributed by atoms with Gasteiger partial charge in [-0.15, -0.1) is 0 Å². The Labute approximate surface area is 187 Å². The molecule has 33 heavy (non-hydrogen) atoms. The summed E-state index contributed by atoms with van der Waals surface area (Å²) in [6, 6.07) is 0. The second-order valence-corrected chi connectivity index (χ2v) is 8.02. The lowest BCUT2D eigenvalue weighted by Crippen LogP contribution is -2.29. The van der Waals surface area contributed by atoms with Crippen LogP contribution in [0.15, 0.2) is 12.7 Å². The molecule has 0 aromatic carbocycles. The van der Waals surface area contributed by atoms with Crippen molar-refractivity contribution in [2.24, 2.45) is 5.50 Å². The monoisotopic (exact) mass is 491 g/mol. The number of hydrogen-bond acceptors (Lipinski definition) is 13. The van der Waals surface area contributed by atoms with E-state index in [0.717, 1.165) is 0 Å². The Bertz CT molecular complexity index is 982. The van der Waals surface area contributed by atoms with E-state index >= 15 is 0 Å². The maximum Gasteiger partial charge on any atom is 0.400 e. The van der Waals surface area contributed by atoms with Crippen molar-refractivity contribution in [3.63, 3.8) is 0 Å². The molecule has 7 N–H and O–H groups in total. The number of fused-ring (bicyclic) bond motifs is 1. The zero-order valence-corrected chi connectivity index (χ0v) is 18.8. The summed E-state index contributed by atoms with van der Waals surface area (Å²) in [4.78, 5) is 41.9. The molecule has 0 radical (unpaired) electrons. The van der Waals surface area contributed by atoms with Gasteiger partial charge < -0.3 is 29.9 Å². The van der Waals surface area contributed by atoms with Crippen molar-refractivity contribution in [2.45, 2.75) is 24.9 Å². The molecule has 2 aromatic heterocycles. The summed E-state index contributed by atoms with van der Waals surface area (Å²) in [5.41, 5.74) is 11.5. The van der Waals surface area contributed by atoms with E-state index in [1.54, 1.807) is 4.57 Å². The lowest BCUT2D eigenvalue weighted by Gasteiger charge is -2.16. The van der Waals surface area contributed by atoms with Crippen LogP contribution in [-0.2, 0) is 32.9 Å². The first kappa shape index (κ1) is 26.5. The minimum absolute atomic E-state index is 0.0194. The normalized spacial score (nSPS) is 21.7. The highest BCUT2D eigenvalue weighted by atomic mass is 31.2. The Kier molecular flexibility index (Phi) is 9.60. The molecule has 1 aliphatic heterocycles. The minimum Gasteiger partial charge on any atom is -0.468 e. The van der Waals surface area contributed by atoms with Crippen LogP contribution in [0.2, 0.25) is 0 Å². The summed E-state index contributed by atoms with van der Waals surface area (Å²) in [6.07, 6.45) is 0.802. The molecule has 0 spiro atoms. The van der Waals surface area contributed by atoms with Crippen LogP contribution in [0.25, 0.3) is 11.2 Å². The van der Waals surface area contributed by atoms with E-state index in [0.29, 0.717) is 11.2 Å². The molecule has 184 valence electrons. The number of carbonyl (C=O) groups excluding carboxylic acids is 2. The van der Waals surface area contributed by atoms with Gasteiger partial charge in [0.25, 0.3) is 0 Å². The second-order valence-electron chi connectivity index (χ2n) is 6.63. The van der Waals surface area contributed by atoms with Gasteiger partial charge in [-0.25, -0.2) is 25.0 Å². The first-order chi connectivity index (χ1) is 15.6. The fourth-order valence-corrected chi connectivity index (χ4v) is 3.07. The average molecular weight is 491 g/mol. The first-order valence-corrected chi connectivity index (χ1v) is 11.1. The summed E-state index contributed by atoms with van der Waals surface area (Å²) in [5, 5.41) is 12.5. The molecule has 1 fully saturated rings. The second kappa shape index (κ2) is 11.9. The molecule has 4 atom stereocenters. The number of ether oxygens (including phenoxy) is 3.